The fourth-order valence-corrected chi connectivity index (χ4v) is 6.05. The van der Waals surface area contributed by atoms with E-state index in [1.54, 1.807) is 13.0 Å². The van der Waals surface area contributed by atoms with Gasteiger partial charge >= 0.3 is 0 Å². The van der Waals surface area contributed by atoms with Crippen LogP contribution in [-0.2, 0) is 20.0 Å². The van der Waals surface area contributed by atoms with E-state index < -0.39 is 20.0 Å². The second-order valence-corrected chi connectivity index (χ2v) is 10.6. The molecular weight excluding hydrogens is 420 g/mol. The van der Waals surface area contributed by atoms with Gasteiger partial charge in [0, 0.05) is 36.6 Å². The first-order valence-corrected chi connectivity index (χ1v) is 12.0. The van der Waals surface area contributed by atoms with Crippen molar-refractivity contribution in [3.8, 4) is 0 Å². The lowest BCUT2D eigenvalue weighted by Gasteiger charge is -2.32. The number of piperazine rings is 1. The number of halogens is 1. The summed E-state index contributed by atoms with van der Waals surface area (Å²) in [5.74, 6) is 0. The highest BCUT2D eigenvalue weighted by atomic mass is 35.5. The van der Waals surface area contributed by atoms with Gasteiger partial charge in [0.1, 0.15) is 0 Å². The van der Waals surface area contributed by atoms with Gasteiger partial charge in [0.25, 0.3) is 0 Å². The van der Waals surface area contributed by atoms with Crippen LogP contribution < -0.4 is 0 Å². The third-order valence-corrected chi connectivity index (χ3v) is 8.40. The Morgan fingerprint density at radius 1 is 0.893 bits per heavy atom. The van der Waals surface area contributed by atoms with Crippen molar-refractivity contribution in [3.63, 3.8) is 0 Å². The smallest absolute Gasteiger partial charge is 0.208 e. The minimum Gasteiger partial charge on any atom is -0.208 e. The summed E-state index contributed by atoms with van der Waals surface area (Å²) in [7, 11) is -7.31. The normalized spacial score (nSPS) is 17.2. The topological polar surface area (TPSA) is 74.8 Å². The molecule has 9 heteroatoms. The Bertz CT molecular complexity index is 1080. The summed E-state index contributed by atoms with van der Waals surface area (Å²) in [6.07, 6.45) is 1.54. The van der Waals surface area contributed by atoms with E-state index in [2.05, 4.69) is 0 Å². The molecule has 1 heterocycles. The molecule has 0 amide bonds. The van der Waals surface area contributed by atoms with Crippen LogP contribution in [0.15, 0.2) is 58.8 Å². The molecule has 0 aliphatic carbocycles. The predicted octanol–water partition coefficient (Wildman–Crippen LogP) is 2.96. The predicted molar refractivity (Wildman–Crippen MR) is 111 cm³/mol. The van der Waals surface area contributed by atoms with E-state index in [4.69, 9.17) is 11.6 Å². The molecule has 0 atom stereocenters. The molecule has 0 N–H and O–H groups in total. The molecule has 0 aromatic heterocycles. The Kier molecular flexibility index (Phi) is 6.26. The van der Waals surface area contributed by atoms with Gasteiger partial charge in [-0.15, -0.1) is 0 Å². The monoisotopic (exact) mass is 440 g/mol. The molecule has 1 aliphatic heterocycles. The summed E-state index contributed by atoms with van der Waals surface area (Å²) < 4.78 is 53.5. The van der Waals surface area contributed by atoms with E-state index >= 15 is 0 Å². The molecule has 0 spiro atoms. The SMILES string of the molecule is Cc1cc(Cl)ccc1S(=O)(=O)N1CCN(S(=O)(=O)/C=C/c2ccccc2)CC1. The highest BCUT2D eigenvalue weighted by Gasteiger charge is 2.32. The summed E-state index contributed by atoms with van der Waals surface area (Å²) in [6.45, 7) is 2.10. The molecule has 2 aromatic carbocycles. The maximum Gasteiger partial charge on any atom is 0.243 e. The van der Waals surface area contributed by atoms with Crippen LogP contribution in [0.25, 0.3) is 6.08 Å². The standard InChI is InChI=1S/C19H21ClN2O4S2/c1-16-15-18(20)7-8-19(16)28(25,26)22-12-10-21(11-13-22)27(23,24)14-9-17-5-3-2-4-6-17/h2-9,14-15H,10-13H2,1H3/b14-9+. The molecule has 1 fully saturated rings. The average molecular weight is 441 g/mol. The maximum atomic E-state index is 12.9. The van der Waals surface area contributed by atoms with E-state index in [1.807, 2.05) is 30.3 Å². The zero-order chi connectivity index (χ0) is 20.4. The van der Waals surface area contributed by atoms with Gasteiger partial charge in [-0.2, -0.15) is 8.61 Å². The Labute approximate surface area is 171 Å². The van der Waals surface area contributed by atoms with Crippen molar-refractivity contribution < 1.29 is 16.8 Å². The Morgan fingerprint density at radius 3 is 2.11 bits per heavy atom. The lowest BCUT2D eigenvalue weighted by Crippen LogP contribution is -2.50. The van der Waals surface area contributed by atoms with Crippen LogP contribution >= 0.6 is 11.6 Å². The lowest BCUT2D eigenvalue weighted by molar-refractivity contribution is 0.275. The largest absolute Gasteiger partial charge is 0.243 e. The van der Waals surface area contributed by atoms with Crippen LogP contribution in [0.2, 0.25) is 5.02 Å². The van der Waals surface area contributed by atoms with Gasteiger partial charge in [-0.1, -0.05) is 41.9 Å². The van der Waals surface area contributed by atoms with Gasteiger partial charge in [-0.3, -0.25) is 0 Å². The van der Waals surface area contributed by atoms with Crippen molar-refractivity contribution in [3.05, 3.63) is 70.1 Å². The molecule has 28 heavy (non-hydrogen) atoms. The molecule has 0 bridgehead atoms. The molecule has 0 unspecified atom stereocenters. The number of nitrogens with zero attached hydrogens (tertiary/aromatic N) is 2. The van der Waals surface area contributed by atoms with Crippen molar-refractivity contribution in [1.82, 2.24) is 8.61 Å². The summed E-state index contributed by atoms with van der Waals surface area (Å²) in [5, 5.41) is 1.63. The first-order valence-electron chi connectivity index (χ1n) is 8.70. The zero-order valence-electron chi connectivity index (χ0n) is 15.3. The van der Waals surface area contributed by atoms with Gasteiger partial charge in [0.15, 0.2) is 0 Å². The average Bonchev–Trinajstić information content (AvgIpc) is 2.67. The fourth-order valence-electron chi connectivity index (χ4n) is 3.02. The minimum atomic E-state index is -3.70. The van der Waals surface area contributed by atoms with Gasteiger partial charge in [-0.05, 0) is 42.3 Å². The molecule has 1 saturated heterocycles. The van der Waals surface area contributed by atoms with Crippen LogP contribution in [0, 0.1) is 6.92 Å². The molecule has 0 saturated carbocycles. The third kappa shape index (κ3) is 4.64. The zero-order valence-corrected chi connectivity index (χ0v) is 17.7. The van der Waals surface area contributed by atoms with Gasteiger partial charge < -0.3 is 0 Å². The van der Waals surface area contributed by atoms with Gasteiger partial charge in [-0.25, -0.2) is 16.8 Å². The van der Waals surface area contributed by atoms with E-state index in [1.165, 1.54) is 26.8 Å². The summed E-state index contributed by atoms with van der Waals surface area (Å²) in [6, 6.07) is 13.8. The third-order valence-electron chi connectivity index (χ3n) is 4.54. The molecular formula is C19H21ClN2O4S2. The first-order chi connectivity index (χ1) is 13.2. The highest BCUT2D eigenvalue weighted by molar-refractivity contribution is 7.92. The van der Waals surface area contributed by atoms with E-state index in [0.29, 0.717) is 10.6 Å². The molecule has 2 aromatic rings. The van der Waals surface area contributed by atoms with Crippen molar-refractivity contribution in [2.24, 2.45) is 0 Å². The van der Waals surface area contributed by atoms with Crippen molar-refractivity contribution in [1.29, 1.82) is 0 Å². The van der Waals surface area contributed by atoms with Crippen LogP contribution in [0.5, 0.6) is 0 Å². The summed E-state index contributed by atoms with van der Waals surface area (Å²) in [4.78, 5) is 0.192. The Hall–Kier alpha value is -1.71. The van der Waals surface area contributed by atoms with Crippen molar-refractivity contribution in [2.75, 3.05) is 26.2 Å². The molecule has 150 valence electrons. The number of hydrogen-bond acceptors (Lipinski definition) is 4. The molecule has 6 nitrogen and oxygen atoms in total. The molecule has 1 aliphatic rings. The quantitative estimate of drug-likeness (QED) is 0.716. The number of aryl methyl sites for hydroxylation is 1. The van der Waals surface area contributed by atoms with Crippen molar-refractivity contribution >= 4 is 37.7 Å². The van der Waals surface area contributed by atoms with Crippen LogP contribution in [0.3, 0.4) is 0 Å². The summed E-state index contributed by atoms with van der Waals surface area (Å²) >= 11 is 5.91. The van der Waals surface area contributed by atoms with Crippen LogP contribution in [-0.4, -0.2) is 51.6 Å². The lowest BCUT2D eigenvalue weighted by atomic mass is 10.2. The van der Waals surface area contributed by atoms with Crippen LogP contribution in [0.1, 0.15) is 11.1 Å². The van der Waals surface area contributed by atoms with Crippen LogP contribution in [0.4, 0.5) is 0 Å². The Balaban J connectivity index is 1.70. The van der Waals surface area contributed by atoms with E-state index in [9.17, 15) is 16.8 Å². The number of rotatable bonds is 5. The minimum absolute atomic E-state index is 0.100. The second kappa shape index (κ2) is 8.34. The fraction of sp³-hybridized carbons (Fsp3) is 0.263. The van der Waals surface area contributed by atoms with E-state index in [0.717, 1.165) is 11.0 Å². The maximum absolute atomic E-state index is 12.9. The first kappa shape index (κ1) is 21.0. The van der Waals surface area contributed by atoms with Gasteiger partial charge in [0.2, 0.25) is 20.0 Å². The van der Waals surface area contributed by atoms with Gasteiger partial charge in [0.05, 0.1) is 4.90 Å². The number of benzene rings is 2. The number of hydrogen-bond donors (Lipinski definition) is 0. The van der Waals surface area contributed by atoms with E-state index in [-0.39, 0.29) is 31.1 Å². The molecule has 3 rings (SSSR count). The Morgan fingerprint density at radius 2 is 1.50 bits per heavy atom. The highest BCUT2D eigenvalue weighted by Crippen LogP contribution is 2.24. The number of sulfonamides is 2. The second-order valence-electron chi connectivity index (χ2n) is 6.47. The summed E-state index contributed by atoms with van der Waals surface area (Å²) in [5.41, 5.74) is 1.35. The molecule has 0 radical (unpaired) electrons. The van der Waals surface area contributed by atoms with Crippen molar-refractivity contribution in [2.45, 2.75) is 11.8 Å².